The topological polar surface area (TPSA) is 71.1 Å². The second kappa shape index (κ2) is 8.51. The zero-order valence-electron chi connectivity index (χ0n) is 17.4. The van der Waals surface area contributed by atoms with Crippen LogP contribution in [-0.2, 0) is 6.61 Å². The number of rotatable bonds is 5. The molecular weight excluding hydrogens is 408 g/mol. The number of para-hydroxylation sites is 2. The zero-order chi connectivity index (χ0) is 21.2. The van der Waals surface area contributed by atoms with E-state index in [1.807, 2.05) is 65.7 Å². The molecule has 5 rings (SSSR count). The van der Waals surface area contributed by atoms with Crippen LogP contribution < -0.4 is 4.74 Å². The van der Waals surface area contributed by atoms with Crippen LogP contribution >= 0.6 is 11.3 Å². The fourth-order valence-corrected chi connectivity index (χ4v) is 4.68. The van der Waals surface area contributed by atoms with Crippen molar-refractivity contribution < 1.29 is 9.53 Å². The first-order valence-electron chi connectivity index (χ1n) is 10.5. The van der Waals surface area contributed by atoms with Crippen LogP contribution in [0.3, 0.4) is 0 Å². The van der Waals surface area contributed by atoms with Crippen molar-refractivity contribution >= 4 is 28.3 Å². The van der Waals surface area contributed by atoms with Gasteiger partial charge in [0.05, 0.1) is 21.7 Å². The number of benzene rings is 2. The van der Waals surface area contributed by atoms with Crippen LogP contribution in [0.25, 0.3) is 11.0 Å². The van der Waals surface area contributed by atoms with E-state index in [1.165, 1.54) is 0 Å². The third-order valence-corrected chi connectivity index (χ3v) is 6.46. The maximum atomic E-state index is 13.2. The first kappa shape index (κ1) is 19.8. The van der Waals surface area contributed by atoms with Crippen LogP contribution in [0.4, 0.5) is 0 Å². The molecule has 0 radical (unpaired) electrons. The molecule has 0 bridgehead atoms. The average Bonchev–Trinajstić information content (AvgIpc) is 3.43. The number of nitrogens with zero attached hydrogens (tertiary/aromatic N) is 3. The van der Waals surface area contributed by atoms with Crippen LogP contribution in [-0.4, -0.2) is 38.8 Å². The van der Waals surface area contributed by atoms with Crippen molar-refractivity contribution in [2.24, 2.45) is 0 Å². The minimum Gasteiger partial charge on any atom is -0.487 e. The van der Waals surface area contributed by atoms with E-state index in [4.69, 9.17) is 9.72 Å². The predicted octanol–water partition coefficient (Wildman–Crippen LogP) is 4.93. The number of aromatic amines is 1. The Morgan fingerprint density at radius 1 is 1.23 bits per heavy atom. The Kier molecular flexibility index (Phi) is 5.42. The van der Waals surface area contributed by atoms with E-state index in [9.17, 15) is 4.79 Å². The van der Waals surface area contributed by atoms with Crippen LogP contribution in [0, 0.1) is 6.92 Å². The van der Waals surface area contributed by atoms with Crippen molar-refractivity contribution in [2.45, 2.75) is 32.3 Å². The molecule has 1 aliphatic heterocycles. The van der Waals surface area contributed by atoms with Crippen molar-refractivity contribution in [1.29, 1.82) is 0 Å². The van der Waals surface area contributed by atoms with Gasteiger partial charge in [-0.15, -0.1) is 11.3 Å². The van der Waals surface area contributed by atoms with E-state index in [0.717, 1.165) is 46.9 Å². The Morgan fingerprint density at radius 2 is 2.13 bits per heavy atom. The maximum absolute atomic E-state index is 13.2. The lowest BCUT2D eigenvalue weighted by molar-refractivity contribution is 0.0704. The summed E-state index contributed by atoms with van der Waals surface area (Å²) in [6, 6.07) is 15.5. The molecule has 0 saturated carbocycles. The number of likely N-dealkylation sites (tertiary alicyclic amines) is 1. The molecule has 4 aromatic rings. The van der Waals surface area contributed by atoms with Gasteiger partial charge in [-0.3, -0.25) is 4.79 Å². The molecule has 31 heavy (non-hydrogen) atoms. The third-order valence-electron chi connectivity index (χ3n) is 5.64. The maximum Gasteiger partial charge on any atom is 0.254 e. The fourth-order valence-electron chi connectivity index (χ4n) is 4.08. The van der Waals surface area contributed by atoms with E-state index in [-0.39, 0.29) is 11.8 Å². The molecule has 1 N–H and O–H groups in total. The number of H-pyrrole nitrogens is 1. The lowest BCUT2D eigenvalue weighted by atomic mass is 9.96. The number of aromatic nitrogens is 3. The summed E-state index contributed by atoms with van der Waals surface area (Å²) in [6.45, 7) is 3.81. The number of aryl methyl sites for hydroxylation is 1. The van der Waals surface area contributed by atoms with Crippen molar-refractivity contribution in [3.8, 4) is 5.75 Å². The molecule has 158 valence electrons. The lowest BCUT2D eigenvalue weighted by Crippen LogP contribution is -2.39. The monoisotopic (exact) mass is 432 g/mol. The van der Waals surface area contributed by atoms with Gasteiger partial charge in [-0.05, 0) is 50.1 Å². The Labute approximate surface area is 184 Å². The number of carbonyl (C=O) groups is 1. The van der Waals surface area contributed by atoms with E-state index >= 15 is 0 Å². The molecule has 1 fully saturated rings. The molecule has 3 heterocycles. The highest BCUT2D eigenvalue weighted by atomic mass is 32.1. The molecule has 1 atom stereocenters. The number of thiazole rings is 1. The van der Waals surface area contributed by atoms with Crippen molar-refractivity contribution in [2.75, 3.05) is 13.1 Å². The van der Waals surface area contributed by atoms with Gasteiger partial charge >= 0.3 is 0 Å². The smallest absolute Gasteiger partial charge is 0.254 e. The minimum absolute atomic E-state index is 0.0377. The second-order valence-corrected chi connectivity index (χ2v) is 8.97. The summed E-state index contributed by atoms with van der Waals surface area (Å²) >= 11 is 1.61. The summed E-state index contributed by atoms with van der Waals surface area (Å²) in [5.41, 5.74) is 3.57. The quantitative estimate of drug-likeness (QED) is 0.486. The number of carbonyl (C=O) groups excluding carboxylic acids is 1. The van der Waals surface area contributed by atoms with Gasteiger partial charge in [-0.2, -0.15) is 0 Å². The number of fused-ring (bicyclic) bond motifs is 1. The normalized spacial score (nSPS) is 16.5. The van der Waals surface area contributed by atoms with Crippen LogP contribution in [0.5, 0.6) is 5.75 Å². The standard InChI is InChI=1S/C24H24N4O2S/c1-16-25-19(15-31-16)14-30-20-8-4-6-17(12-20)24(29)28-11-5-7-18(13-28)23-26-21-9-2-3-10-22(21)27-23/h2-4,6,8-10,12,15,18H,5,7,11,13-14H2,1H3,(H,26,27). The first-order chi connectivity index (χ1) is 15.2. The Bertz CT molecular complexity index is 1180. The van der Waals surface area contributed by atoms with Gasteiger partial charge in [0, 0.05) is 30.0 Å². The molecule has 2 aromatic heterocycles. The molecule has 1 amide bonds. The van der Waals surface area contributed by atoms with Gasteiger partial charge in [0.25, 0.3) is 5.91 Å². The number of imidazole rings is 1. The fraction of sp³-hybridized carbons (Fsp3) is 0.292. The Morgan fingerprint density at radius 3 is 2.97 bits per heavy atom. The summed E-state index contributed by atoms with van der Waals surface area (Å²) in [6.07, 6.45) is 1.99. The van der Waals surface area contributed by atoms with Crippen LogP contribution in [0.15, 0.2) is 53.9 Å². The van der Waals surface area contributed by atoms with Crippen LogP contribution in [0.2, 0.25) is 0 Å². The van der Waals surface area contributed by atoms with Gasteiger partial charge in [0.2, 0.25) is 0 Å². The average molecular weight is 433 g/mol. The van der Waals surface area contributed by atoms with E-state index in [0.29, 0.717) is 24.5 Å². The SMILES string of the molecule is Cc1nc(COc2cccc(C(=O)N3CCCC(c4nc5ccccc5[nH]4)C3)c2)cs1. The number of hydrogen-bond acceptors (Lipinski definition) is 5. The predicted molar refractivity (Wildman–Crippen MR) is 122 cm³/mol. The van der Waals surface area contributed by atoms with Crippen LogP contribution in [0.1, 0.15) is 45.6 Å². The van der Waals surface area contributed by atoms with E-state index in [2.05, 4.69) is 9.97 Å². The van der Waals surface area contributed by atoms with Crippen molar-refractivity contribution in [3.63, 3.8) is 0 Å². The minimum atomic E-state index is 0.0377. The van der Waals surface area contributed by atoms with E-state index in [1.54, 1.807) is 11.3 Å². The molecule has 1 aliphatic rings. The highest BCUT2D eigenvalue weighted by Gasteiger charge is 2.27. The molecule has 1 saturated heterocycles. The molecule has 6 nitrogen and oxygen atoms in total. The van der Waals surface area contributed by atoms with Crippen molar-refractivity contribution in [1.82, 2.24) is 19.9 Å². The summed E-state index contributed by atoms with van der Waals surface area (Å²) in [5.74, 6) is 1.91. The number of nitrogens with one attached hydrogen (secondary N) is 1. The van der Waals surface area contributed by atoms with Gasteiger partial charge in [0.1, 0.15) is 18.2 Å². The highest BCUT2D eigenvalue weighted by molar-refractivity contribution is 7.09. The molecule has 0 spiro atoms. The molecule has 1 unspecified atom stereocenters. The third kappa shape index (κ3) is 4.32. The molecule has 7 heteroatoms. The van der Waals surface area contributed by atoms with Crippen molar-refractivity contribution in [3.05, 3.63) is 76.0 Å². The summed E-state index contributed by atoms with van der Waals surface area (Å²) in [7, 11) is 0. The zero-order valence-corrected chi connectivity index (χ0v) is 18.2. The van der Waals surface area contributed by atoms with Gasteiger partial charge < -0.3 is 14.6 Å². The largest absolute Gasteiger partial charge is 0.487 e. The number of piperidine rings is 1. The number of amides is 1. The first-order valence-corrected chi connectivity index (χ1v) is 11.4. The Hall–Kier alpha value is -3.19. The van der Waals surface area contributed by atoms with Gasteiger partial charge in [-0.1, -0.05) is 18.2 Å². The number of hydrogen-bond donors (Lipinski definition) is 1. The van der Waals surface area contributed by atoms with Gasteiger partial charge in [-0.25, -0.2) is 9.97 Å². The van der Waals surface area contributed by atoms with Gasteiger partial charge in [0.15, 0.2) is 0 Å². The summed E-state index contributed by atoms with van der Waals surface area (Å²) in [5, 5.41) is 3.02. The second-order valence-electron chi connectivity index (χ2n) is 7.90. The molecular formula is C24H24N4O2S. The molecule has 0 aliphatic carbocycles. The summed E-state index contributed by atoms with van der Waals surface area (Å²) < 4.78 is 5.87. The Balaban J connectivity index is 1.28. The lowest BCUT2D eigenvalue weighted by Gasteiger charge is -2.32. The highest BCUT2D eigenvalue weighted by Crippen LogP contribution is 2.28. The van der Waals surface area contributed by atoms with E-state index < -0.39 is 0 Å². The molecule has 2 aromatic carbocycles. The summed E-state index contributed by atoms with van der Waals surface area (Å²) in [4.78, 5) is 27.7. The number of ether oxygens (including phenoxy) is 1.